The van der Waals surface area contributed by atoms with Crippen LogP contribution in [0.4, 0.5) is 20.3 Å². The Labute approximate surface area is 144 Å². The summed E-state index contributed by atoms with van der Waals surface area (Å²) in [5.74, 6) is -3.38. The monoisotopic (exact) mass is 372 g/mol. The van der Waals surface area contributed by atoms with Gasteiger partial charge in [-0.3, -0.25) is 0 Å². The average molecular weight is 372 g/mol. The summed E-state index contributed by atoms with van der Waals surface area (Å²) in [7, 11) is -2.56. The molecular formula is C15H18F2N4O3S. The minimum Gasteiger partial charge on any atom is -0.511 e. The molecule has 0 bridgehead atoms. The van der Waals surface area contributed by atoms with E-state index >= 15 is 0 Å². The van der Waals surface area contributed by atoms with E-state index < -0.39 is 22.0 Å². The highest BCUT2D eigenvalue weighted by Gasteiger charge is 2.59. The molecule has 0 saturated heterocycles. The fourth-order valence-electron chi connectivity index (χ4n) is 3.22. The van der Waals surface area contributed by atoms with Crippen LogP contribution in [-0.4, -0.2) is 51.1 Å². The molecule has 3 aliphatic rings. The molecule has 0 radical (unpaired) electrons. The number of hydrogen-bond donors (Lipinski definition) is 2. The maximum Gasteiger partial charge on any atom is 0.327 e. The fourth-order valence-corrected chi connectivity index (χ4v) is 4.63. The topological polar surface area (TPSA) is 85.8 Å². The van der Waals surface area contributed by atoms with E-state index in [0.717, 1.165) is 8.61 Å². The lowest BCUT2D eigenvalue weighted by Gasteiger charge is -2.18. The molecule has 25 heavy (non-hydrogen) atoms. The van der Waals surface area contributed by atoms with E-state index in [0.29, 0.717) is 36.5 Å². The number of aromatic nitrogens is 1. The van der Waals surface area contributed by atoms with Crippen molar-refractivity contribution in [1.82, 2.24) is 10.3 Å². The van der Waals surface area contributed by atoms with Gasteiger partial charge in [-0.2, -0.15) is 8.42 Å². The largest absolute Gasteiger partial charge is 0.511 e. The van der Waals surface area contributed by atoms with E-state index in [4.69, 9.17) is 0 Å². The van der Waals surface area contributed by atoms with Crippen LogP contribution in [0.15, 0.2) is 17.9 Å². The van der Waals surface area contributed by atoms with Crippen molar-refractivity contribution in [2.24, 2.45) is 5.92 Å². The van der Waals surface area contributed by atoms with E-state index in [1.165, 1.54) is 7.05 Å². The number of fused-ring (bicyclic) bond motifs is 1. The minimum absolute atomic E-state index is 0.177. The summed E-state index contributed by atoms with van der Waals surface area (Å²) in [4.78, 5) is 4.39. The second-order valence-corrected chi connectivity index (χ2v) is 8.44. The highest BCUT2D eigenvalue weighted by Crippen LogP contribution is 2.51. The molecule has 1 saturated carbocycles. The molecule has 3 heterocycles. The zero-order chi connectivity index (χ0) is 18.0. The van der Waals surface area contributed by atoms with Crippen LogP contribution in [0, 0.1) is 5.92 Å². The summed E-state index contributed by atoms with van der Waals surface area (Å²) in [5.41, 5.74) is 1.46. The molecule has 1 fully saturated rings. The molecule has 7 nitrogen and oxygen atoms in total. The average Bonchev–Trinajstić information content (AvgIpc) is 3.12. The third-order valence-corrected chi connectivity index (χ3v) is 6.66. The van der Waals surface area contributed by atoms with Gasteiger partial charge >= 0.3 is 10.2 Å². The van der Waals surface area contributed by atoms with Crippen molar-refractivity contribution in [2.45, 2.75) is 18.8 Å². The number of nitrogens with one attached hydrogen (secondary N) is 1. The first-order valence-electron chi connectivity index (χ1n) is 7.99. The Balaban J connectivity index is 1.72. The molecule has 4 rings (SSSR count). The number of aliphatic hydroxyl groups excluding tert-OH is 1. The van der Waals surface area contributed by atoms with Crippen LogP contribution in [-0.2, 0) is 10.2 Å². The number of nitrogens with zero attached hydrogens (tertiary/aromatic N) is 3. The van der Waals surface area contributed by atoms with Crippen LogP contribution in [0.2, 0.25) is 0 Å². The molecule has 1 unspecified atom stereocenters. The molecule has 2 aliphatic heterocycles. The summed E-state index contributed by atoms with van der Waals surface area (Å²) in [6.07, 6.45) is 0.281. The molecule has 1 aromatic rings. The van der Waals surface area contributed by atoms with Crippen LogP contribution in [0.1, 0.15) is 18.5 Å². The molecule has 1 atom stereocenters. The van der Waals surface area contributed by atoms with Crippen LogP contribution >= 0.6 is 0 Å². The van der Waals surface area contributed by atoms with Gasteiger partial charge in [0.1, 0.15) is 5.76 Å². The van der Waals surface area contributed by atoms with Gasteiger partial charge in [0.2, 0.25) is 0 Å². The number of anilines is 2. The molecule has 0 amide bonds. The maximum absolute atomic E-state index is 13.2. The Morgan fingerprint density at radius 1 is 1.44 bits per heavy atom. The van der Waals surface area contributed by atoms with Gasteiger partial charge in [0, 0.05) is 31.5 Å². The Bertz CT molecular complexity index is 872. The molecule has 2 N–H and O–H groups in total. The standard InChI is InChI=1S/C15H18F2N4O3S/c1-20-14-12(21(25(20,23)24)8-9-6-15(9,16)17)3-2-11(19-14)10-4-5-18-7-13(10)22/h2-3,9,18,22H,4-8H2,1H3. The molecule has 1 aromatic heterocycles. The van der Waals surface area contributed by atoms with Crippen molar-refractivity contribution in [1.29, 1.82) is 0 Å². The van der Waals surface area contributed by atoms with Gasteiger partial charge in [-0.05, 0) is 25.1 Å². The van der Waals surface area contributed by atoms with Crippen molar-refractivity contribution in [3.05, 3.63) is 23.6 Å². The first kappa shape index (κ1) is 16.5. The number of alkyl halides is 2. The first-order chi connectivity index (χ1) is 11.7. The zero-order valence-corrected chi connectivity index (χ0v) is 14.4. The Morgan fingerprint density at radius 2 is 2.16 bits per heavy atom. The molecule has 0 aromatic carbocycles. The highest BCUT2D eigenvalue weighted by atomic mass is 32.2. The molecule has 10 heteroatoms. The molecule has 136 valence electrons. The first-order valence-corrected chi connectivity index (χ1v) is 9.39. The van der Waals surface area contributed by atoms with Gasteiger partial charge in [0.05, 0.1) is 17.9 Å². The second kappa shape index (κ2) is 5.28. The normalized spacial score (nSPS) is 26.8. The quantitative estimate of drug-likeness (QED) is 0.840. The van der Waals surface area contributed by atoms with Gasteiger partial charge < -0.3 is 10.4 Å². The summed E-state index contributed by atoms with van der Waals surface area (Å²) in [6.45, 7) is 0.770. The summed E-state index contributed by atoms with van der Waals surface area (Å²) >= 11 is 0. The van der Waals surface area contributed by atoms with E-state index in [1.54, 1.807) is 12.1 Å². The van der Waals surface area contributed by atoms with Crippen LogP contribution < -0.4 is 13.9 Å². The van der Waals surface area contributed by atoms with Crippen molar-refractivity contribution in [3.63, 3.8) is 0 Å². The number of halogens is 2. The maximum atomic E-state index is 13.2. The van der Waals surface area contributed by atoms with Crippen molar-refractivity contribution in [2.75, 3.05) is 35.3 Å². The fraction of sp³-hybridized carbons (Fsp3) is 0.533. The van der Waals surface area contributed by atoms with Gasteiger partial charge in [0.15, 0.2) is 5.82 Å². The van der Waals surface area contributed by atoms with Gasteiger partial charge in [0.25, 0.3) is 5.92 Å². The minimum atomic E-state index is -3.91. The number of hydrogen-bond acceptors (Lipinski definition) is 5. The Kier molecular flexibility index (Phi) is 3.49. The predicted octanol–water partition coefficient (Wildman–Crippen LogP) is 1.50. The van der Waals surface area contributed by atoms with Crippen molar-refractivity contribution < 1.29 is 22.3 Å². The number of pyridine rings is 1. The van der Waals surface area contributed by atoms with Crippen LogP contribution in [0.25, 0.3) is 5.57 Å². The SMILES string of the molecule is CN1c2nc(C3=C(O)CNCC3)ccc2N(CC2CC2(F)F)S1(=O)=O. The lowest BCUT2D eigenvalue weighted by molar-refractivity contribution is 0.101. The van der Waals surface area contributed by atoms with Crippen molar-refractivity contribution >= 4 is 27.3 Å². The predicted molar refractivity (Wildman–Crippen MR) is 89.0 cm³/mol. The Morgan fingerprint density at radius 3 is 2.80 bits per heavy atom. The summed E-state index contributed by atoms with van der Waals surface area (Å²) < 4.78 is 53.6. The summed E-state index contributed by atoms with van der Waals surface area (Å²) in [5, 5.41) is 13.1. The van der Waals surface area contributed by atoms with E-state index in [-0.39, 0.29) is 24.5 Å². The Hall–Kier alpha value is -1.94. The van der Waals surface area contributed by atoms with E-state index in [2.05, 4.69) is 10.3 Å². The smallest absolute Gasteiger partial charge is 0.327 e. The zero-order valence-electron chi connectivity index (χ0n) is 13.5. The van der Waals surface area contributed by atoms with Gasteiger partial charge in [-0.1, -0.05) is 0 Å². The van der Waals surface area contributed by atoms with Crippen LogP contribution in [0.5, 0.6) is 0 Å². The summed E-state index contributed by atoms with van der Waals surface area (Å²) in [6, 6.07) is 3.20. The third-order valence-electron chi connectivity index (χ3n) is 4.89. The highest BCUT2D eigenvalue weighted by molar-refractivity contribution is 7.94. The lowest BCUT2D eigenvalue weighted by atomic mass is 10.0. The number of aliphatic hydroxyl groups is 1. The third kappa shape index (κ3) is 2.54. The molecule has 0 spiro atoms. The molecule has 1 aliphatic carbocycles. The van der Waals surface area contributed by atoms with E-state index in [9.17, 15) is 22.3 Å². The van der Waals surface area contributed by atoms with Gasteiger partial charge in [-0.25, -0.2) is 22.4 Å². The van der Waals surface area contributed by atoms with Crippen molar-refractivity contribution in [3.8, 4) is 0 Å². The second-order valence-electron chi connectivity index (χ2n) is 6.56. The number of rotatable bonds is 3. The lowest BCUT2D eigenvalue weighted by Crippen LogP contribution is -2.37. The van der Waals surface area contributed by atoms with Gasteiger partial charge in [-0.15, -0.1) is 0 Å². The molecular weight excluding hydrogens is 354 g/mol. The van der Waals surface area contributed by atoms with E-state index in [1.807, 2.05) is 0 Å². The van der Waals surface area contributed by atoms with Crippen LogP contribution in [0.3, 0.4) is 0 Å².